The molecule has 0 saturated carbocycles. The SMILES string of the molecule is COc1ccc(OCC(=O)N(C)C(C)Cc2cccc(F)c2)cc1. The lowest BCUT2D eigenvalue weighted by atomic mass is 10.1. The van der Waals surface area contributed by atoms with E-state index in [4.69, 9.17) is 9.47 Å². The molecule has 4 nitrogen and oxygen atoms in total. The first-order chi connectivity index (χ1) is 11.5. The maximum absolute atomic E-state index is 13.2. The third-order valence-corrected chi connectivity index (χ3v) is 3.90. The highest BCUT2D eigenvalue weighted by molar-refractivity contribution is 5.77. The quantitative estimate of drug-likeness (QED) is 0.781. The summed E-state index contributed by atoms with van der Waals surface area (Å²) in [5.74, 6) is 0.941. The zero-order valence-electron chi connectivity index (χ0n) is 14.2. The topological polar surface area (TPSA) is 38.8 Å². The van der Waals surface area contributed by atoms with Crippen molar-refractivity contribution in [2.24, 2.45) is 0 Å². The molecule has 0 fully saturated rings. The van der Waals surface area contributed by atoms with Crippen molar-refractivity contribution in [1.29, 1.82) is 0 Å². The van der Waals surface area contributed by atoms with E-state index in [2.05, 4.69) is 0 Å². The third kappa shape index (κ3) is 4.98. The van der Waals surface area contributed by atoms with Crippen LogP contribution in [0.1, 0.15) is 12.5 Å². The second-order valence-corrected chi connectivity index (χ2v) is 5.65. The molecule has 2 aromatic carbocycles. The van der Waals surface area contributed by atoms with Crippen LogP contribution in [0.4, 0.5) is 4.39 Å². The molecule has 0 aliphatic heterocycles. The maximum atomic E-state index is 13.2. The average molecular weight is 331 g/mol. The molecule has 1 atom stereocenters. The molecule has 2 rings (SSSR count). The van der Waals surface area contributed by atoms with Crippen LogP contribution in [0.2, 0.25) is 0 Å². The molecule has 0 radical (unpaired) electrons. The van der Waals surface area contributed by atoms with E-state index in [1.165, 1.54) is 12.1 Å². The summed E-state index contributed by atoms with van der Waals surface area (Å²) in [5.41, 5.74) is 0.859. The molecule has 0 N–H and O–H groups in total. The highest BCUT2D eigenvalue weighted by Gasteiger charge is 2.17. The second kappa shape index (κ2) is 8.34. The van der Waals surface area contributed by atoms with E-state index in [0.29, 0.717) is 12.2 Å². The van der Waals surface area contributed by atoms with Crippen molar-refractivity contribution in [3.05, 3.63) is 59.9 Å². The van der Waals surface area contributed by atoms with Gasteiger partial charge in [-0.3, -0.25) is 4.79 Å². The van der Waals surface area contributed by atoms with E-state index >= 15 is 0 Å². The van der Waals surface area contributed by atoms with Crippen LogP contribution in [0, 0.1) is 5.82 Å². The van der Waals surface area contributed by atoms with Gasteiger partial charge in [-0.1, -0.05) is 12.1 Å². The van der Waals surface area contributed by atoms with Crippen molar-refractivity contribution >= 4 is 5.91 Å². The minimum absolute atomic E-state index is 0.0453. The minimum atomic E-state index is -0.267. The highest BCUT2D eigenvalue weighted by atomic mass is 19.1. The van der Waals surface area contributed by atoms with Crippen LogP contribution < -0.4 is 9.47 Å². The number of rotatable bonds is 7. The van der Waals surface area contributed by atoms with E-state index in [-0.39, 0.29) is 24.4 Å². The number of amides is 1. The molecule has 2 aromatic rings. The van der Waals surface area contributed by atoms with Crippen LogP contribution >= 0.6 is 0 Å². The summed E-state index contributed by atoms with van der Waals surface area (Å²) in [6.45, 7) is 1.88. The number of carbonyl (C=O) groups excluding carboxylic acids is 1. The second-order valence-electron chi connectivity index (χ2n) is 5.65. The van der Waals surface area contributed by atoms with Crippen molar-refractivity contribution < 1.29 is 18.7 Å². The summed E-state index contributed by atoms with van der Waals surface area (Å²) in [5, 5.41) is 0. The summed E-state index contributed by atoms with van der Waals surface area (Å²) in [7, 11) is 3.32. The molecule has 0 spiro atoms. The normalized spacial score (nSPS) is 11.7. The lowest BCUT2D eigenvalue weighted by Crippen LogP contribution is -2.39. The molecule has 1 unspecified atom stereocenters. The maximum Gasteiger partial charge on any atom is 0.260 e. The molecule has 0 heterocycles. The van der Waals surface area contributed by atoms with Gasteiger partial charge < -0.3 is 14.4 Å². The number of carbonyl (C=O) groups is 1. The number of hydrogen-bond donors (Lipinski definition) is 0. The van der Waals surface area contributed by atoms with E-state index < -0.39 is 0 Å². The first-order valence-electron chi connectivity index (χ1n) is 7.76. The Balaban J connectivity index is 1.86. The monoisotopic (exact) mass is 331 g/mol. The molecule has 0 bridgehead atoms. The fourth-order valence-electron chi connectivity index (χ4n) is 2.31. The molecule has 0 aromatic heterocycles. The first-order valence-corrected chi connectivity index (χ1v) is 7.76. The van der Waals surface area contributed by atoms with Gasteiger partial charge in [0.2, 0.25) is 0 Å². The van der Waals surface area contributed by atoms with Crippen molar-refractivity contribution in [2.45, 2.75) is 19.4 Å². The Bertz CT molecular complexity index is 673. The summed E-state index contributed by atoms with van der Waals surface area (Å²) in [6, 6.07) is 13.4. The Hall–Kier alpha value is -2.56. The Morgan fingerprint density at radius 2 is 1.83 bits per heavy atom. The van der Waals surface area contributed by atoms with Gasteiger partial charge in [-0.05, 0) is 55.3 Å². The number of benzene rings is 2. The molecule has 128 valence electrons. The minimum Gasteiger partial charge on any atom is -0.497 e. The number of ether oxygens (including phenoxy) is 2. The highest BCUT2D eigenvalue weighted by Crippen LogP contribution is 2.17. The number of methoxy groups -OCH3 is 1. The molecule has 24 heavy (non-hydrogen) atoms. The molecular weight excluding hydrogens is 309 g/mol. The lowest BCUT2D eigenvalue weighted by Gasteiger charge is -2.25. The smallest absolute Gasteiger partial charge is 0.260 e. The zero-order valence-corrected chi connectivity index (χ0v) is 14.2. The molecule has 0 aliphatic carbocycles. The summed E-state index contributed by atoms with van der Waals surface area (Å²) < 4.78 is 23.8. The third-order valence-electron chi connectivity index (χ3n) is 3.90. The van der Waals surface area contributed by atoms with E-state index in [9.17, 15) is 9.18 Å². The van der Waals surface area contributed by atoms with Crippen LogP contribution in [0.15, 0.2) is 48.5 Å². The summed E-state index contributed by atoms with van der Waals surface area (Å²) in [6.07, 6.45) is 0.586. The Morgan fingerprint density at radius 3 is 2.46 bits per heavy atom. The Morgan fingerprint density at radius 1 is 1.17 bits per heavy atom. The van der Waals surface area contributed by atoms with Gasteiger partial charge in [0.05, 0.1) is 7.11 Å². The summed E-state index contributed by atoms with van der Waals surface area (Å²) >= 11 is 0. The predicted molar refractivity (Wildman–Crippen MR) is 90.8 cm³/mol. The van der Waals surface area contributed by atoms with Crippen LogP contribution in [-0.2, 0) is 11.2 Å². The van der Waals surface area contributed by atoms with E-state index in [1.807, 2.05) is 13.0 Å². The van der Waals surface area contributed by atoms with Crippen molar-refractivity contribution in [2.75, 3.05) is 20.8 Å². The fourth-order valence-corrected chi connectivity index (χ4v) is 2.31. The van der Waals surface area contributed by atoms with Crippen molar-refractivity contribution in [1.82, 2.24) is 4.90 Å². The van der Waals surface area contributed by atoms with Crippen molar-refractivity contribution in [3.63, 3.8) is 0 Å². The van der Waals surface area contributed by atoms with Gasteiger partial charge >= 0.3 is 0 Å². The fraction of sp³-hybridized carbons (Fsp3) is 0.316. The lowest BCUT2D eigenvalue weighted by molar-refractivity contribution is -0.133. The Kier molecular flexibility index (Phi) is 6.18. The first kappa shape index (κ1) is 17.8. The largest absolute Gasteiger partial charge is 0.497 e. The number of nitrogens with zero attached hydrogens (tertiary/aromatic N) is 1. The molecular formula is C19H22FNO3. The van der Waals surface area contributed by atoms with Crippen LogP contribution in [0.5, 0.6) is 11.5 Å². The Labute approximate surface area is 141 Å². The average Bonchev–Trinajstić information content (AvgIpc) is 2.59. The van der Waals surface area contributed by atoms with Crippen molar-refractivity contribution in [3.8, 4) is 11.5 Å². The van der Waals surface area contributed by atoms with Crippen LogP contribution in [-0.4, -0.2) is 37.6 Å². The zero-order chi connectivity index (χ0) is 17.5. The standard InChI is InChI=1S/C19H22FNO3/c1-14(11-15-5-4-6-16(20)12-15)21(2)19(22)13-24-18-9-7-17(23-3)8-10-18/h4-10,12,14H,11,13H2,1-3H3. The molecule has 1 amide bonds. The van der Waals surface area contributed by atoms with Gasteiger partial charge in [0.15, 0.2) is 6.61 Å². The molecule has 0 aliphatic rings. The van der Waals surface area contributed by atoms with Gasteiger partial charge in [-0.25, -0.2) is 4.39 Å². The van der Waals surface area contributed by atoms with E-state index in [1.54, 1.807) is 49.4 Å². The van der Waals surface area contributed by atoms with Gasteiger partial charge in [-0.15, -0.1) is 0 Å². The predicted octanol–water partition coefficient (Wildman–Crippen LogP) is 3.30. The molecule has 5 heteroatoms. The van der Waals surface area contributed by atoms with Gasteiger partial charge in [0, 0.05) is 13.1 Å². The van der Waals surface area contributed by atoms with Crippen LogP contribution in [0.3, 0.4) is 0 Å². The van der Waals surface area contributed by atoms with Gasteiger partial charge in [0.25, 0.3) is 5.91 Å². The van der Waals surface area contributed by atoms with Gasteiger partial charge in [-0.2, -0.15) is 0 Å². The van der Waals surface area contributed by atoms with E-state index in [0.717, 1.165) is 11.3 Å². The number of likely N-dealkylation sites (N-methyl/N-ethyl adjacent to an activating group) is 1. The van der Waals surface area contributed by atoms with Crippen LogP contribution in [0.25, 0.3) is 0 Å². The number of halogens is 1. The van der Waals surface area contributed by atoms with Gasteiger partial charge in [0.1, 0.15) is 17.3 Å². The molecule has 0 saturated heterocycles. The number of hydrogen-bond acceptors (Lipinski definition) is 3. The summed E-state index contributed by atoms with van der Waals surface area (Å²) in [4.78, 5) is 13.9.